The average molecular weight is 275 g/mol. The zero-order valence-corrected chi connectivity index (χ0v) is 12.3. The van der Waals surface area contributed by atoms with Gasteiger partial charge in [0, 0.05) is 32.0 Å². The molecule has 2 heterocycles. The van der Waals surface area contributed by atoms with Gasteiger partial charge in [0.1, 0.15) is 5.82 Å². The summed E-state index contributed by atoms with van der Waals surface area (Å²) in [6, 6.07) is 0.236. The zero-order chi connectivity index (χ0) is 13.7. The highest BCUT2D eigenvalue weighted by Gasteiger charge is 2.43. The van der Waals surface area contributed by atoms with Crippen LogP contribution in [0.1, 0.15) is 37.5 Å². The molecule has 0 radical (unpaired) electrons. The highest BCUT2D eigenvalue weighted by molar-refractivity contribution is 5.00. The quantitative estimate of drug-likeness (QED) is 0.915. The average Bonchev–Trinajstić information content (AvgIpc) is 2.98. The summed E-state index contributed by atoms with van der Waals surface area (Å²) in [6.45, 7) is 5.80. The molecule has 4 heteroatoms. The van der Waals surface area contributed by atoms with E-state index in [-0.39, 0.29) is 12.1 Å². The van der Waals surface area contributed by atoms with Gasteiger partial charge in [-0.25, -0.2) is 4.98 Å². The molecule has 0 bridgehead atoms. The number of aromatic nitrogens is 2. The molecule has 3 aliphatic rings. The fourth-order valence-corrected chi connectivity index (χ4v) is 4.36. The maximum absolute atomic E-state index is 10.5. The molecule has 110 valence electrons. The summed E-state index contributed by atoms with van der Waals surface area (Å²) in [5.41, 5.74) is 0. The second-order valence-electron chi connectivity index (χ2n) is 7.17. The van der Waals surface area contributed by atoms with Crippen LogP contribution in [0, 0.1) is 24.7 Å². The first-order valence-electron chi connectivity index (χ1n) is 8.10. The summed E-state index contributed by atoms with van der Waals surface area (Å²) in [5, 5.41) is 10.5. The Labute approximate surface area is 120 Å². The van der Waals surface area contributed by atoms with Crippen molar-refractivity contribution in [2.24, 2.45) is 17.8 Å². The molecular weight excluding hydrogens is 250 g/mol. The molecule has 4 atom stereocenters. The molecule has 2 saturated carbocycles. The van der Waals surface area contributed by atoms with Crippen LogP contribution >= 0.6 is 0 Å². The van der Waals surface area contributed by atoms with Crippen LogP contribution in [-0.2, 0) is 0 Å². The first kappa shape index (κ1) is 12.8. The molecule has 0 aromatic carbocycles. The predicted octanol–water partition coefficient (Wildman–Crippen LogP) is 1.85. The van der Waals surface area contributed by atoms with Gasteiger partial charge in [0.2, 0.25) is 0 Å². The van der Waals surface area contributed by atoms with Gasteiger partial charge in [-0.3, -0.25) is 0 Å². The lowest BCUT2D eigenvalue weighted by Gasteiger charge is -2.36. The molecule has 4 rings (SSSR count). The predicted molar refractivity (Wildman–Crippen MR) is 77.4 cm³/mol. The van der Waals surface area contributed by atoms with Gasteiger partial charge in [-0.2, -0.15) is 0 Å². The Morgan fingerprint density at radius 3 is 2.65 bits per heavy atom. The van der Waals surface area contributed by atoms with Gasteiger partial charge < -0.3 is 14.6 Å². The second-order valence-corrected chi connectivity index (χ2v) is 7.17. The summed E-state index contributed by atoms with van der Waals surface area (Å²) in [6.07, 6.45) is 8.63. The van der Waals surface area contributed by atoms with Crippen molar-refractivity contribution in [2.75, 3.05) is 19.6 Å². The summed E-state index contributed by atoms with van der Waals surface area (Å²) in [4.78, 5) is 6.97. The molecule has 1 N–H and O–H groups in total. The minimum absolute atomic E-state index is 0.204. The van der Waals surface area contributed by atoms with Crippen molar-refractivity contribution in [1.82, 2.24) is 14.5 Å². The van der Waals surface area contributed by atoms with Crippen molar-refractivity contribution in [2.45, 2.75) is 44.8 Å². The molecule has 2 aliphatic carbocycles. The number of nitrogens with zero attached hydrogens (tertiary/aromatic N) is 3. The van der Waals surface area contributed by atoms with E-state index in [2.05, 4.69) is 14.5 Å². The monoisotopic (exact) mass is 275 g/mol. The number of likely N-dealkylation sites (tertiary alicyclic amines) is 1. The van der Waals surface area contributed by atoms with Gasteiger partial charge >= 0.3 is 0 Å². The summed E-state index contributed by atoms with van der Waals surface area (Å²) < 4.78 is 2.18. The van der Waals surface area contributed by atoms with Crippen LogP contribution in [0.3, 0.4) is 0 Å². The number of aliphatic hydroxyl groups is 1. The fraction of sp³-hybridized carbons (Fsp3) is 0.812. The molecule has 4 nitrogen and oxygen atoms in total. The first-order valence-corrected chi connectivity index (χ1v) is 8.10. The van der Waals surface area contributed by atoms with Crippen LogP contribution in [0.2, 0.25) is 0 Å². The number of fused-ring (bicyclic) bond motifs is 1. The van der Waals surface area contributed by atoms with Gasteiger partial charge in [-0.05, 0) is 50.4 Å². The van der Waals surface area contributed by atoms with E-state index in [1.54, 1.807) is 0 Å². The smallest absolute Gasteiger partial charge is 0.105 e. The van der Waals surface area contributed by atoms with E-state index < -0.39 is 0 Å². The van der Waals surface area contributed by atoms with Crippen molar-refractivity contribution < 1.29 is 5.11 Å². The maximum Gasteiger partial charge on any atom is 0.105 e. The molecule has 3 fully saturated rings. The molecule has 0 unspecified atom stereocenters. The second kappa shape index (κ2) is 4.85. The number of aliphatic hydroxyl groups excluding tert-OH is 1. The standard InChI is InChI=1S/C16H25N3O/c1-11-17-4-5-19(11)15-6-13-9-18(8-12-2-3-12)10-14(13)7-16(15)20/h4-5,12-16,20H,2-3,6-10H2,1H3/t13-,14+,15-,16-/m0/s1. The zero-order valence-electron chi connectivity index (χ0n) is 12.3. The molecular formula is C16H25N3O. The van der Waals surface area contributed by atoms with Gasteiger partial charge in [0.25, 0.3) is 0 Å². The van der Waals surface area contributed by atoms with E-state index in [4.69, 9.17) is 0 Å². The Morgan fingerprint density at radius 2 is 2.00 bits per heavy atom. The highest BCUT2D eigenvalue weighted by Crippen LogP contribution is 2.42. The Balaban J connectivity index is 1.46. The fourth-order valence-electron chi connectivity index (χ4n) is 4.36. The minimum atomic E-state index is -0.204. The molecule has 20 heavy (non-hydrogen) atoms. The lowest BCUT2D eigenvalue weighted by Crippen LogP contribution is -2.36. The molecule has 0 spiro atoms. The Bertz CT molecular complexity index is 482. The summed E-state index contributed by atoms with van der Waals surface area (Å²) in [7, 11) is 0. The minimum Gasteiger partial charge on any atom is -0.391 e. The number of rotatable bonds is 3. The third-order valence-corrected chi connectivity index (χ3v) is 5.62. The number of aryl methyl sites for hydroxylation is 1. The van der Waals surface area contributed by atoms with E-state index in [1.807, 2.05) is 19.3 Å². The van der Waals surface area contributed by atoms with Gasteiger partial charge in [0.15, 0.2) is 0 Å². The molecule has 1 aromatic heterocycles. The molecule has 1 aromatic rings. The maximum atomic E-state index is 10.5. The van der Waals surface area contributed by atoms with Crippen molar-refractivity contribution in [3.8, 4) is 0 Å². The van der Waals surface area contributed by atoms with E-state index in [0.717, 1.165) is 30.5 Å². The van der Waals surface area contributed by atoms with Gasteiger partial charge in [-0.15, -0.1) is 0 Å². The van der Waals surface area contributed by atoms with Gasteiger partial charge in [-0.1, -0.05) is 0 Å². The molecule has 1 saturated heterocycles. The van der Waals surface area contributed by atoms with Gasteiger partial charge in [0.05, 0.1) is 12.1 Å². The van der Waals surface area contributed by atoms with Crippen LogP contribution < -0.4 is 0 Å². The van der Waals surface area contributed by atoms with Crippen LogP contribution in [0.25, 0.3) is 0 Å². The normalized spacial score (nSPS) is 38.1. The number of imidazole rings is 1. The van der Waals surface area contributed by atoms with Crippen LogP contribution in [0.15, 0.2) is 12.4 Å². The molecule has 0 amide bonds. The van der Waals surface area contributed by atoms with E-state index in [1.165, 1.54) is 32.5 Å². The Morgan fingerprint density at radius 1 is 1.25 bits per heavy atom. The van der Waals surface area contributed by atoms with E-state index >= 15 is 0 Å². The SMILES string of the molecule is Cc1nccn1[C@H]1C[C@H]2CN(CC3CC3)C[C@H]2C[C@@H]1O. The Hall–Kier alpha value is -0.870. The third kappa shape index (κ3) is 2.29. The number of hydrogen-bond donors (Lipinski definition) is 1. The largest absolute Gasteiger partial charge is 0.391 e. The third-order valence-electron chi connectivity index (χ3n) is 5.62. The van der Waals surface area contributed by atoms with Crippen molar-refractivity contribution >= 4 is 0 Å². The first-order chi connectivity index (χ1) is 9.70. The van der Waals surface area contributed by atoms with Crippen LogP contribution in [-0.4, -0.2) is 45.3 Å². The van der Waals surface area contributed by atoms with Crippen molar-refractivity contribution in [3.05, 3.63) is 18.2 Å². The van der Waals surface area contributed by atoms with Crippen LogP contribution in [0.4, 0.5) is 0 Å². The topological polar surface area (TPSA) is 41.3 Å². The van der Waals surface area contributed by atoms with E-state index in [9.17, 15) is 5.11 Å². The lowest BCUT2D eigenvalue weighted by molar-refractivity contribution is 0.0349. The molecule has 1 aliphatic heterocycles. The lowest BCUT2D eigenvalue weighted by atomic mass is 9.77. The summed E-state index contributed by atoms with van der Waals surface area (Å²) in [5.74, 6) is 3.49. The number of hydrogen-bond acceptors (Lipinski definition) is 3. The van der Waals surface area contributed by atoms with Crippen molar-refractivity contribution in [3.63, 3.8) is 0 Å². The summed E-state index contributed by atoms with van der Waals surface area (Å²) >= 11 is 0. The highest BCUT2D eigenvalue weighted by atomic mass is 16.3. The Kier molecular flexibility index (Phi) is 3.11. The van der Waals surface area contributed by atoms with Crippen LogP contribution in [0.5, 0.6) is 0 Å². The van der Waals surface area contributed by atoms with Crippen molar-refractivity contribution in [1.29, 1.82) is 0 Å². The van der Waals surface area contributed by atoms with E-state index in [0.29, 0.717) is 5.92 Å².